The monoisotopic (exact) mass is 428 g/mol. The Kier molecular flexibility index (Phi) is 7.13. The molecule has 1 aliphatic carbocycles. The Morgan fingerprint density at radius 3 is 2.74 bits per heavy atom. The molecule has 0 amide bonds. The smallest absolute Gasteiger partial charge is 0.257 e. The van der Waals surface area contributed by atoms with Crippen LogP contribution in [0.15, 0.2) is 6.07 Å². The third-order valence-corrected chi connectivity index (χ3v) is 6.25. The summed E-state index contributed by atoms with van der Waals surface area (Å²) in [7, 11) is 3.37. The third-order valence-electron chi connectivity index (χ3n) is 6.25. The van der Waals surface area contributed by atoms with Gasteiger partial charge in [-0.2, -0.15) is 0 Å². The lowest BCUT2D eigenvalue weighted by atomic mass is 10.1. The highest BCUT2D eigenvalue weighted by atomic mass is 16.5. The zero-order valence-corrected chi connectivity index (χ0v) is 19.4. The molecule has 1 N–H and O–H groups in total. The number of aromatic nitrogens is 2. The fourth-order valence-electron chi connectivity index (χ4n) is 4.80. The number of ether oxygens (including phenoxy) is 3. The van der Waals surface area contributed by atoms with E-state index in [0.717, 1.165) is 42.5 Å². The van der Waals surface area contributed by atoms with Crippen molar-refractivity contribution in [2.24, 2.45) is 5.92 Å². The zero-order chi connectivity index (χ0) is 21.8. The first-order valence-corrected chi connectivity index (χ1v) is 11.6. The molecule has 1 saturated heterocycles. The van der Waals surface area contributed by atoms with Crippen molar-refractivity contribution in [2.45, 2.75) is 52.0 Å². The zero-order valence-electron chi connectivity index (χ0n) is 19.4. The highest BCUT2D eigenvalue weighted by molar-refractivity contribution is 5.92. The van der Waals surface area contributed by atoms with Gasteiger partial charge in [-0.3, -0.25) is 4.98 Å². The van der Waals surface area contributed by atoms with Crippen molar-refractivity contribution in [3.8, 4) is 11.6 Å². The van der Waals surface area contributed by atoms with Crippen LogP contribution in [0.1, 0.15) is 44.4 Å². The van der Waals surface area contributed by atoms with E-state index in [4.69, 9.17) is 24.2 Å². The van der Waals surface area contributed by atoms with Gasteiger partial charge in [-0.05, 0) is 63.6 Å². The molecule has 0 bridgehead atoms. The van der Waals surface area contributed by atoms with Crippen LogP contribution in [0.5, 0.6) is 11.6 Å². The van der Waals surface area contributed by atoms with Crippen molar-refractivity contribution in [1.82, 2.24) is 14.9 Å². The number of fused-ring (bicyclic) bond motifs is 2. The average molecular weight is 429 g/mol. The van der Waals surface area contributed by atoms with Crippen LogP contribution in [0.2, 0.25) is 0 Å². The molecule has 1 fully saturated rings. The first-order chi connectivity index (χ1) is 15.1. The molecule has 0 aromatic carbocycles. The van der Waals surface area contributed by atoms with Crippen molar-refractivity contribution in [3.63, 3.8) is 0 Å². The molecular weight excluding hydrogens is 392 g/mol. The van der Waals surface area contributed by atoms with Crippen molar-refractivity contribution >= 4 is 16.7 Å². The van der Waals surface area contributed by atoms with Gasteiger partial charge in [0.1, 0.15) is 5.52 Å². The summed E-state index contributed by atoms with van der Waals surface area (Å²) in [6.45, 7) is 9.18. The molecule has 3 heterocycles. The summed E-state index contributed by atoms with van der Waals surface area (Å²) in [6.07, 6.45) is 5.64. The minimum absolute atomic E-state index is 0.171. The average Bonchev–Trinajstić information content (AvgIpc) is 3.39. The van der Waals surface area contributed by atoms with Gasteiger partial charge in [0.15, 0.2) is 5.75 Å². The Bertz CT molecular complexity index is 898. The molecule has 0 spiro atoms. The SMILES string of the molecule is COC[C@@H](C)Nc1c2c(nc3cc(OCCCN4CCCC4)c(OC)nc13)CC(C)C2. The van der Waals surface area contributed by atoms with Crippen LogP contribution in [0.3, 0.4) is 0 Å². The van der Waals surface area contributed by atoms with Crippen molar-refractivity contribution < 1.29 is 14.2 Å². The van der Waals surface area contributed by atoms with Gasteiger partial charge in [0.25, 0.3) is 5.88 Å². The van der Waals surface area contributed by atoms with Gasteiger partial charge >= 0.3 is 0 Å². The minimum atomic E-state index is 0.171. The Balaban J connectivity index is 1.59. The maximum atomic E-state index is 6.10. The standard InChI is InChI=1S/C24H36N4O3/c1-16-12-18-19(13-16)26-20-14-21(31-11-7-10-28-8-5-6-9-28)24(30-4)27-23(20)22(18)25-17(2)15-29-3/h14,16-17H,5-13,15H2,1-4H3,(H,25,26)/t16?,17-/m1/s1. The Hall–Kier alpha value is -2.12. The predicted molar refractivity (Wildman–Crippen MR) is 123 cm³/mol. The quantitative estimate of drug-likeness (QED) is 0.579. The molecule has 0 saturated carbocycles. The molecule has 170 valence electrons. The van der Waals surface area contributed by atoms with E-state index in [1.165, 1.54) is 37.2 Å². The largest absolute Gasteiger partial charge is 0.488 e. The molecular formula is C24H36N4O3. The highest BCUT2D eigenvalue weighted by Crippen LogP contribution is 2.39. The van der Waals surface area contributed by atoms with Crippen molar-refractivity contribution in [1.29, 1.82) is 0 Å². The molecule has 7 heteroatoms. The number of rotatable bonds is 10. The van der Waals surface area contributed by atoms with Gasteiger partial charge in [-0.25, -0.2) is 4.98 Å². The number of methoxy groups -OCH3 is 2. The fraction of sp³-hybridized carbons (Fsp3) is 0.667. The molecule has 7 nitrogen and oxygen atoms in total. The number of likely N-dealkylation sites (tertiary alicyclic amines) is 1. The number of hydrogen-bond acceptors (Lipinski definition) is 7. The molecule has 4 rings (SSSR count). The van der Waals surface area contributed by atoms with Crippen LogP contribution in [-0.4, -0.2) is 68.0 Å². The molecule has 2 aliphatic rings. The number of nitrogens with zero attached hydrogens (tertiary/aromatic N) is 3. The van der Waals surface area contributed by atoms with E-state index < -0.39 is 0 Å². The van der Waals surface area contributed by atoms with Crippen LogP contribution in [-0.2, 0) is 17.6 Å². The molecule has 0 radical (unpaired) electrons. The van der Waals surface area contributed by atoms with Crippen LogP contribution in [0.4, 0.5) is 5.69 Å². The predicted octanol–water partition coefficient (Wildman–Crippen LogP) is 3.68. The van der Waals surface area contributed by atoms with Crippen LogP contribution in [0, 0.1) is 5.92 Å². The molecule has 1 unspecified atom stereocenters. The Morgan fingerprint density at radius 2 is 2.00 bits per heavy atom. The number of hydrogen-bond donors (Lipinski definition) is 1. The van der Waals surface area contributed by atoms with E-state index in [2.05, 4.69) is 24.1 Å². The van der Waals surface area contributed by atoms with Crippen molar-refractivity contribution in [2.75, 3.05) is 52.4 Å². The molecule has 2 atom stereocenters. The topological polar surface area (TPSA) is 68.7 Å². The second-order valence-electron chi connectivity index (χ2n) is 9.04. The summed E-state index contributed by atoms with van der Waals surface area (Å²) in [5.74, 6) is 1.77. The lowest BCUT2D eigenvalue weighted by Crippen LogP contribution is -2.22. The molecule has 2 aromatic heterocycles. The van der Waals surface area contributed by atoms with Crippen LogP contribution in [0.25, 0.3) is 11.0 Å². The van der Waals surface area contributed by atoms with Gasteiger partial charge in [-0.15, -0.1) is 0 Å². The van der Waals surface area contributed by atoms with Gasteiger partial charge in [0.05, 0.1) is 31.5 Å². The number of nitrogens with one attached hydrogen (secondary N) is 1. The lowest BCUT2D eigenvalue weighted by Gasteiger charge is -2.20. The van der Waals surface area contributed by atoms with Gasteiger partial charge in [0.2, 0.25) is 0 Å². The van der Waals surface area contributed by atoms with E-state index in [0.29, 0.717) is 30.8 Å². The first kappa shape index (κ1) is 22.1. The fourth-order valence-corrected chi connectivity index (χ4v) is 4.80. The summed E-state index contributed by atoms with van der Waals surface area (Å²) in [6, 6.07) is 2.16. The van der Waals surface area contributed by atoms with Crippen molar-refractivity contribution in [3.05, 3.63) is 17.3 Å². The maximum absolute atomic E-state index is 6.10. The highest BCUT2D eigenvalue weighted by Gasteiger charge is 2.27. The van der Waals surface area contributed by atoms with E-state index in [-0.39, 0.29) is 6.04 Å². The van der Waals surface area contributed by atoms with Crippen LogP contribution < -0.4 is 14.8 Å². The lowest BCUT2D eigenvalue weighted by molar-refractivity contribution is 0.190. The third kappa shape index (κ3) is 5.04. The van der Waals surface area contributed by atoms with Gasteiger partial charge < -0.3 is 24.4 Å². The van der Waals surface area contributed by atoms with E-state index in [1.54, 1.807) is 14.2 Å². The molecule has 31 heavy (non-hydrogen) atoms. The Morgan fingerprint density at radius 1 is 1.19 bits per heavy atom. The van der Waals surface area contributed by atoms with Crippen LogP contribution >= 0.6 is 0 Å². The number of pyridine rings is 2. The van der Waals surface area contributed by atoms with Gasteiger partial charge in [0, 0.05) is 31.5 Å². The minimum Gasteiger partial charge on any atom is -0.488 e. The first-order valence-electron chi connectivity index (χ1n) is 11.6. The Labute approximate surface area is 185 Å². The summed E-state index contributed by atoms with van der Waals surface area (Å²) in [5, 5.41) is 3.63. The normalized spacial score (nSPS) is 19.5. The summed E-state index contributed by atoms with van der Waals surface area (Å²) < 4.78 is 17.0. The maximum Gasteiger partial charge on any atom is 0.257 e. The molecule has 1 aliphatic heterocycles. The number of anilines is 1. The summed E-state index contributed by atoms with van der Waals surface area (Å²) in [4.78, 5) is 12.3. The van der Waals surface area contributed by atoms with Gasteiger partial charge in [-0.1, -0.05) is 6.92 Å². The molecule has 2 aromatic rings. The second-order valence-corrected chi connectivity index (χ2v) is 9.04. The summed E-state index contributed by atoms with van der Waals surface area (Å²) in [5.41, 5.74) is 5.20. The van der Waals surface area contributed by atoms with E-state index in [1.807, 2.05) is 6.07 Å². The van der Waals surface area contributed by atoms with E-state index in [9.17, 15) is 0 Å². The second kappa shape index (κ2) is 10.0. The van der Waals surface area contributed by atoms with E-state index >= 15 is 0 Å². The summed E-state index contributed by atoms with van der Waals surface area (Å²) >= 11 is 0.